The summed E-state index contributed by atoms with van der Waals surface area (Å²) in [4.78, 5) is 12.5. The van der Waals surface area contributed by atoms with Gasteiger partial charge in [0.25, 0.3) is 5.91 Å². The minimum atomic E-state index is -0.291. The van der Waals surface area contributed by atoms with Gasteiger partial charge in [-0.15, -0.1) is 11.3 Å². The third kappa shape index (κ3) is 1.97. The molecule has 0 bridgehead atoms. The third-order valence-corrected chi connectivity index (χ3v) is 3.69. The summed E-state index contributed by atoms with van der Waals surface area (Å²) in [5, 5.41) is 11.7. The van der Waals surface area contributed by atoms with Crippen LogP contribution in [0.25, 0.3) is 5.57 Å². The second kappa shape index (κ2) is 4.28. The first-order valence-electron chi connectivity index (χ1n) is 4.81. The normalized spacial score (nSPS) is 20.6. The Hall–Kier alpha value is -1.31. The fraction of sp³-hybridized carbons (Fsp3) is 0.273. The molecule has 1 aromatic rings. The van der Waals surface area contributed by atoms with Crippen molar-refractivity contribution in [2.24, 2.45) is 0 Å². The number of nitrogens with one attached hydrogen (secondary N) is 1. The molecule has 3 nitrogen and oxygen atoms in total. The summed E-state index contributed by atoms with van der Waals surface area (Å²) >= 11 is 7.25. The van der Waals surface area contributed by atoms with E-state index in [0.29, 0.717) is 10.8 Å². The molecule has 0 fully saturated rings. The molecular formula is C11H9ClN2OS. The van der Waals surface area contributed by atoms with Crippen molar-refractivity contribution in [2.75, 3.05) is 0 Å². The second-order valence-electron chi connectivity index (χ2n) is 3.65. The second-order valence-corrected chi connectivity index (χ2v) is 5.36. The number of hydrogen-bond donors (Lipinski definition) is 1. The van der Waals surface area contributed by atoms with Crippen LogP contribution in [0.3, 0.4) is 0 Å². The summed E-state index contributed by atoms with van der Waals surface area (Å²) < 4.78 is 0.665. The van der Waals surface area contributed by atoms with Gasteiger partial charge in [-0.2, -0.15) is 5.26 Å². The lowest BCUT2D eigenvalue weighted by Crippen LogP contribution is -2.37. The summed E-state index contributed by atoms with van der Waals surface area (Å²) in [6.07, 6.45) is 0.672. The minimum absolute atomic E-state index is 0.0560. The number of halogens is 1. The highest BCUT2D eigenvalue weighted by Crippen LogP contribution is 2.34. The molecule has 0 radical (unpaired) electrons. The van der Waals surface area contributed by atoms with Gasteiger partial charge in [-0.1, -0.05) is 11.6 Å². The maximum Gasteiger partial charge on any atom is 0.262 e. The Morgan fingerprint density at radius 3 is 2.94 bits per heavy atom. The Labute approximate surface area is 102 Å². The van der Waals surface area contributed by atoms with Crippen LogP contribution < -0.4 is 5.32 Å². The smallest absolute Gasteiger partial charge is 0.262 e. The van der Waals surface area contributed by atoms with Crippen molar-refractivity contribution in [1.29, 1.82) is 5.26 Å². The van der Waals surface area contributed by atoms with Crippen LogP contribution >= 0.6 is 22.9 Å². The number of nitriles is 1. The molecule has 0 aliphatic carbocycles. The molecule has 1 amide bonds. The van der Waals surface area contributed by atoms with Crippen LogP contribution in [0.15, 0.2) is 17.7 Å². The quantitative estimate of drug-likeness (QED) is 0.835. The predicted molar refractivity (Wildman–Crippen MR) is 64.1 cm³/mol. The lowest BCUT2D eigenvalue weighted by Gasteiger charge is -2.21. The Morgan fingerprint density at radius 2 is 2.38 bits per heavy atom. The molecule has 0 aromatic carbocycles. The third-order valence-electron chi connectivity index (χ3n) is 2.40. The van der Waals surface area contributed by atoms with Crippen LogP contribution in [0.1, 0.15) is 18.2 Å². The number of amides is 1. The molecule has 1 aromatic heterocycles. The highest BCUT2D eigenvalue weighted by Gasteiger charge is 2.25. The van der Waals surface area contributed by atoms with E-state index in [0.717, 1.165) is 10.5 Å². The Kier molecular flexibility index (Phi) is 2.99. The topological polar surface area (TPSA) is 52.9 Å². The van der Waals surface area contributed by atoms with E-state index in [1.54, 1.807) is 6.07 Å². The van der Waals surface area contributed by atoms with E-state index in [1.165, 1.54) is 11.3 Å². The average Bonchev–Trinajstić information content (AvgIpc) is 2.63. The molecule has 0 saturated carbocycles. The van der Waals surface area contributed by atoms with Gasteiger partial charge in [0.15, 0.2) is 0 Å². The van der Waals surface area contributed by atoms with Crippen LogP contribution in [-0.2, 0) is 4.79 Å². The van der Waals surface area contributed by atoms with Gasteiger partial charge in [-0.05, 0) is 31.1 Å². The molecular weight excluding hydrogens is 244 g/mol. The highest BCUT2D eigenvalue weighted by atomic mass is 35.5. The standard InChI is InChI=1S/C11H9ClN2OS/c1-6-4-7(8(5-13)11(15)14-6)9-2-3-10(12)16-9/h2-3,6H,4H2,1H3,(H,14,15). The van der Waals surface area contributed by atoms with E-state index in [9.17, 15) is 4.79 Å². The van der Waals surface area contributed by atoms with Gasteiger partial charge < -0.3 is 5.32 Å². The molecule has 5 heteroatoms. The first kappa shape index (κ1) is 11.2. The van der Waals surface area contributed by atoms with Gasteiger partial charge in [0.05, 0.1) is 4.34 Å². The van der Waals surface area contributed by atoms with Crippen LogP contribution in [0.2, 0.25) is 4.34 Å². The number of carbonyl (C=O) groups excluding carboxylic acids is 1. The average molecular weight is 253 g/mol. The van der Waals surface area contributed by atoms with E-state index in [-0.39, 0.29) is 17.5 Å². The molecule has 1 unspecified atom stereocenters. The Bertz CT molecular complexity index is 512. The zero-order valence-electron chi connectivity index (χ0n) is 8.58. The molecule has 0 spiro atoms. The summed E-state index contributed by atoms with van der Waals surface area (Å²) in [6, 6.07) is 5.65. The van der Waals surface area contributed by atoms with Crippen molar-refractivity contribution in [1.82, 2.24) is 5.32 Å². The molecule has 1 aliphatic heterocycles. The van der Waals surface area contributed by atoms with Gasteiger partial charge in [0.2, 0.25) is 0 Å². The fourth-order valence-corrected chi connectivity index (χ4v) is 2.81. The van der Waals surface area contributed by atoms with Gasteiger partial charge in [0.1, 0.15) is 11.6 Å². The van der Waals surface area contributed by atoms with E-state index in [2.05, 4.69) is 5.32 Å². The van der Waals surface area contributed by atoms with Crippen molar-refractivity contribution in [2.45, 2.75) is 19.4 Å². The largest absolute Gasteiger partial charge is 0.349 e. The molecule has 16 heavy (non-hydrogen) atoms. The van der Waals surface area contributed by atoms with Gasteiger partial charge in [0, 0.05) is 10.9 Å². The number of rotatable bonds is 1. The van der Waals surface area contributed by atoms with Crippen molar-refractivity contribution >= 4 is 34.4 Å². The molecule has 82 valence electrons. The summed E-state index contributed by atoms with van der Waals surface area (Å²) in [5.41, 5.74) is 1.01. The van der Waals surface area contributed by atoms with Crippen molar-refractivity contribution in [3.8, 4) is 6.07 Å². The molecule has 0 saturated heterocycles. The zero-order valence-corrected chi connectivity index (χ0v) is 10.2. The van der Waals surface area contributed by atoms with E-state index in [1.807, 2.05) is 19.1 Å². The van der Waals surface area contributed by atoms with Crippen molar-refractivity contribution < 1.29 is 4.79 Å². The first-order valence-corrected chi connectivity index (χ1v) is 6.01. The fourth-order valence-electron chi connectivity index (χ4n) is 1.71. The van der Waals surface area contributed by atoms with Gasteiger partial charge in [-0.25, -0.2) is 0 Å². The Morgan fingerprint density at radius 1 is 1.62 bits per heavy atom. The van der Waals surface area contributed by atoms with Crippen LogP contribution in [0.5, 0.6) is 0 Å². The first-order chi connectivity index (χ1) is 7.61. The minimum Gasteiger partial charge on any atom is -0.349 e. The number of carbonyl (C=O) groups is 1. The summed E-state index contributed by atoms with van der Waals surface area (Å²) in [7, 11) is 0. The molecule has 1 aliphatic rings. The van der Waals surface area contributed by atoms with Gasteiger partial charge in [-0.3, -0.25) is 4.79 Å². The van der Waals surface area contributed by atoms with E-state index in [4.69, 9.17) is 16.9 Å². The monoisotopic (exact) mass is 252 g/mol. The summed E-state index contributed by atoms with van der Waals surface area (Å²) in [5.74, 6) is -0.291. The molecule has 1 atom stereocenters. The van der Waals surface area contributed by atoms with E-state index < -0.39 is 0 Å². The SMILES string of the molecule is CC1CC(c2ccc(Cl)s2)=C(C#N)C(=O)N1. The highest BCUT2D eigenvalue weighted by molar-refractivity contribution is 7.17. The van der Waals surface area contributed by atoms with Crippen LogP contribution in [0.4, 0.5) is 0 Å². The maximum absolute atomic E-state index is 11.6. The lowest BCUT2D eigenvalue weighted by molar-refractivity contribution is -0.117. The summed E-state index contributed by atoms with van der Waals surface area (Å²) in [6.45, 7) is 1.92. The van der Waals surface area contributed by atoms with E-state index >= 15 is 0 Å². The van der Waals surface area contributed by atoms with Crippen molar-refractivity contribution in [3.05, 3.63) is 26.9 Å². The number of hydrogen-bond acceptors (Lipinski definition) is 3. The number of nitrogens with zero attached hydrogens (tertiary/aromatic N) is 1. The molecule has 2 rings (SSSR count). The molecule has 2 heterocycles. The van der Waals surface area contributed by atoms with Crippen molar-refractivity contribution in [3.63, 3.8) is 0 Å². The number of thiophene rings is 1. The van der Waals surface area contributed by atoms with Crippen LogP contribution in [-0.4, -0.2) is 11.9 Å². The zero-order chi connectivity index (χ0) is 11.7. The lowest BCUT2D eigenvalue weighted by atomic mass is 9.95. The van der Waals surface area contributed by atoms with Gasteiger partial charge >= 0.3 is 0 Å². The Balaban J connectivity index is 2.51. The predicted octanol–water partition coefficient (Wildman–Crippen LogP) is 2.59. The van der Waals surface area contributed by atoms with Crippen LogP contribution in [0, 0.1) is 11.3 Å². The molecule has 1 N–H and O–H groups in total. The maximum atomic E-state index is 11.6.